The molecule has 0 unspecified atom stereocenters. The van der Waals surface area contributed by atoms with Crippen LogP contribution in [0, 0.1) is 0 Å². The summed E-state index contributed by atoms with van der Waals surface area (Å²) in [6, 6.07) is 9.20. The number of carbonyl (C=O) groups is 1. The summed E-state index contributed by atoms with van der Waals surface area (Å²) in [6.07, 6.45) is 6.97. The third kappa shape index (κ3) is 4.67. The maximum absolute atomic E-state index is 12.0. The smallest absolute Gasteiger partial charge is 0.226 e. The van der Waals surface area contributed by atoms with Gasteiger partial charge in [-0.15, -0.1) is 0 Å². The van der Waals surface area contributed by atoms with Gasteiger partial charge in [0.25, 0.3) is 0 Å². The lowest BCUT2D eigenvalue weighted by Crippen LogP contribution is -2.15. The molecule has 0 aliphatic rings. The molecular formula is C16H18N6O2. The molecule has 0 fully saturated rings. The number of benzene rings is 1. The quantitative estimate of drug-likeness (QED) is 0.679. The van der Waals surface area contributed by atoms with E-state index in [1.807, 2.05) is 30.5 Å². The zero-order chi connectivity index (χ0) is 16.6. The first-order chi connectivity index (χ1) is 11.8. The standard InChI is InChI=1S/C16H18N6O2/c23-16(5-8-22-13-17-12-19-22)20-14-3-1-4-15(11-14)24-10-9-21-7-2-6-18-21/h1-4,6-7,11-13H,5,8-10H2,(H,20,23). The average Bonchev–Trinajstić information content (AvgIpc) is 3.27. The Bertz CT molecular complexity index is 755. The van der Waals surface area contributed by atoms with Crippen molar-refractivity contribution in [3.8, 4) is 5.75 Å². The predicted octanol–water partition coefficient (Wildman–Crippen LogP) is 1.58. The number of aromatic nitrogens is 5. The highest BCUT2D eigenvalue weighted by molar-refractivity contribution is 5.90. The summed E-state index contributed by atoms with van der Waals surface area (Å²) in [7, 11) is 0. The van der Waals surface area contributed by atoms with E-state index in [0.717, 1.165) is 0 Å². The molecular weight excluding hydrogens is 308 g/mol. The van der Waals surface area contributed by atoms with Gasteiger partial charge in [0.1, 0.15) is 25.0 Å². The third-order valence-corrected chi connectivity index (χ3v) is 3.30. The summed E-state index contributed by atoms with van der Waals surface area (Å²) in [5, 5.41) is 10.9. The zero-order valence-corrected chi connectivity index (χ0v) is 13.1. The molecule has 24 heavy (non-hydrogen) atoms. The second kappa shape index (κ2) is 7.91. The first-order valence-electron chi connectivity index (χ1n) is 7.62. The Morgan fingerprint density at radius 2 is 2.12 bits per heavy atom. The molecule has 0 saturated heterocycles. The Morgan fingerprint density at radius 1 is 1.17 bits per heavy atom. The largest absolute Gasteiger partial charge is 0.492 e. The highest BCUT2D eigenvalue weighted by Crippen LogP contribution is 2.17. The van der Waals surface area contributed by atoms with Crippen LogP contribution in [0.3, 0.4) is 0 Å². The van der Waals surface area contributed by atoms with Gasteiger partial charge < -0.3 is 10.1 Å². The van der Waals surface area contributed by atoms with Gasteiger partial charge in [-0.05, 0) is 18.2 Å². The molecule has 124 valence electrons. The fraction of sp³-hybridized carbons (Fsp3) is 0.250. The van der Waals surface area contributed by atoms with Gasteiger partial charge in [0.2, 0.25) is 5.91 Å². The molecule has 0 radical (unpaired) electrons. The van der Waals surface area contributed by atoms with E-state index >= 15 is 0 Å². The molecule has 0 aliphatic heterocycles. The van der Waals surface area contributed by atoms with Crippen LogP contribution in [0.1, 0.15) is 6.42 Å². The number of amides is 1. The summed E-state index contributed by atoms with van der Waals surface area (Å²) in [6.45, 7) is 1.67. The van der Waals surface area contributed by atoms with Crippen molar-refractivity contribution in [2.75, 3.05) is 11.9 Å². The maximum Gasteiger partial charge on any atom is 0.226 e. The number of hydrogen-bond donors (Lipinski definition) is 1. The van der Waals surface area contributed by atoms with Crippen LogP contribution in [-0.4, -0.2) is 37.1 Å². The van der Waals surface area contributed by atoms with Crippen LogP contribution in [0.15, 0.2) is 55.4 Å². The minimum atomic E-state index is -0.0841. The number of ether oxygens (including phenoxy) is 1. The summed E-state index contributed by atoms with van der Waals surface area (Å²) < 4.78 is 9.11. The van der Waals surface area contributed by atoms with Crippen molar-refractivity contribution in [1.82, 2.24) is 24.5 Å². The van der Waals surface area contributed by atoms with E-state index in [2.05, 4.69) is 20.5 Å². The fourth-order valence-corrected chi connectivity index (χ4v) is 2.14. The summed E-state index contributed by atoms with van der Waals surface area (Å²) in [5.41, 5.74) is 0.704. The minimum absolute atomic E-state index is 0.0841. The first kappa shape index (κ1) is 15.7. The van der Waals surface area contributed by atoms with E-state index in [1.165, 1.54) is 6.33 Å². The Labute approximate surface area is 139 Å². The molecule has 8 nitrogen and oxygen atoms in total. The van der Waals surface area contributed by atoms with E-state index < -0.39 is 0 Å². The van der Waals surface area contributed by atoms with Crippen molar-refractivity contribution in [3.63, 3.8) is 0 Å². The SMILES string of the molecule is O=C(CCn1cncn1)Nc1cccc(OCCn2cccn2)c1. The number of nitrogens with one attached hydrogen (secondary N) is 1. The lowest BCUT2D eigenvalue weighted by atomic mass is 10.3. The molecule has 0 spiro atoms. The van der Waals surface area contributed by atoms with Crippen LogP contribution < -0.4 is 10.1 Å². The van der Waals surface area contributed by atoms with E-state index in [0.29, 0.717) is 37.6 Å². The van der Waals surface area contributed by atoms with Crippen molar-refractivity contribution >= 4 is 11.6 Å². The molecule has 2 aromatic heterocycles. The molecule has 8 heteroatoms. The van der Waals surface area contributed by atoms with Crippen molar-refractivity contribution in [2.24, 2.45) is 0 Å². The van der Waals surface area contributed by atoms with E-state index in [4.69, 9.17) is 4.74 Å². The number of hydrogen-bond acceptors (Lipinski definition) is 5. The third-order valence-electron chi connectivity index (χ3n) is 3.30. The van der Waals surface area contributed by atoms with Gasteiger partial charge in [0.05, 0.1) is 13.1 Å². The highest BCUT2D eigenvalue weighted by Gasteiger charge is 2.04. The normalized spacial score (nSPS) is 10.5. The van der Waals surface area contributed by atoms with Crippen molar-refractivity contribution in [1.29, 1.82) is 0 Å². The van der Waals surface area contributed by atoms with Crippen molar-refractivity contribution in [3.05, 3.63) is 55.4 Å². The molecule has 3 aromatic rings. The highest BCUT2D eigenvalue weighted by atomic mass is 16.5. The molecule has 2 heterocycles. The van der Waals surface area contributed by atoms with Gasteiger partial charge >= 0.3 is 0 Å². The second-order valence-electron chi connectivity index (χ2n) is 5.10. The van der Waals surface area contributed by atoms with Gasteiger partial charge in [-0.1, -0.05) is 6.07 Å². The fourth-order valence-electron chi connectivity index (χ4n) is 2.14. The zero-order valence-electron chi connectivity index (χ0n) is 13.1. The lowest BCUT2D eigenvalue weighted by molar-refractivity contribution is -0.116. The van der Waals surface area contributed by atoms with Crippen molar-refractivity contribution < 1.29 is 9.53 Å². The van der Waals surface area contributed by atoms with Gasteiger partial charge in [-0.3, -0.25) is 14.2 Å². The molecule has 0 aliphatic carbocycles. The lowest BCUT2D eigenvalue weighted by Gasteiger charge is -2.09. The van der Waals surface area contributed by atoms with Crippen molar-refractivity contribution in [2.45, 2.75) is 19.5 Å². The van der Waals surface area contributed by atoms with Gasteiger partial charge in [0, 0.05) is 30.6 Å². The molecule has 0 bridgehead atoms. The Hall–Kier alpha value is -3.16. The van der Waals surface area contributed by atoms with E-state index in [1.54, 1.807) is 28.0 Å². The summed E-state index contributed by atoms with van der Waals surface area (Å²) >= 11 is 0. The van der Waals surface area contributed by atoms with Gasteiger partial charge in [-0.25, -0.2) is 4.98 Å². The van der Waals surface area contributed by atoms with Crippen LogP contribution in [-0.2, 0) is 17.9 Å². The molecule has 0 atom stereocenters. The maximum atomic E-state index is 12.0. The minimum Gasteiger partial charge on any atom is -0.492 e. The number of anilines is 1. The predicted molar refractivity (Wildman–Crippen MR) is 87.4 cm³/mol. The second-order valence-corrected chi connectivity index (χ2v) is 5.10. The van der Waals surface area contributed by atoms with E-state index in [9.17, 15) is 4.79 Å². The number of carbonyl (C=O) groups excluding carboxylic acids is 1. The Balaban J connectivity index is 1.46. The van der Waals surface area contributed by atoms with E-state index in [-0.39, 0.29) is 5.91 Å². The summed E-state index contributed by atoms with van der Waals surface area (Å²) in [5.74, 6) is 0.621. The van der Waals surface area contributed by atoms with Crippen LogP contribution in [0.2, 0.25) is 0 Å². The molecule has 3 rings (SSSR count). The number of nitrogens with zero attached hydrogens (tertiary/aromatic N) is 5. The molecule has 1 amide bonds. The topological polar surface area (TPSA) is 86.9 Å². The Morgan fingerprint density at radius 3 is 2.92 bits per heavy atom. The van der Waals surface area contributed by atoms with Crippen LogP contribution in [0.4, 0.5) is 5.69 Å². The summed E-state index contributed by atoms with van der Waals surface area (Å²) in [4.78, 5) is 15.8. The average molecular weight is 326 g/mol. The molecule has 1 N–H and O–H groups in total. The van der Waals surface area contributed by atoms with Crippen LogP contribution in [0.25, 0.3) is 0 Å². The molecule has 0 saturated carbocycles. The van der Waals surface area contributed by atoms with Gasteiger partial charge in [0.15, 0.2) is 0 Å². The number of rotatable bonds is 8. The molecule has 1 aromatic carbocycles. The monoisotopic (exact) mass is 326 g/mol. The first-order valence-corrected chi connectivity index (χ1v) is 7.62. The van der Waals surface area contributed by atoms with Crippen LogP contribution in [0.5, 0.6) is 5.75 Å². The Kier molecular flexibility index (Phi) is 5.18. The van der Waals surface area contributed by atoms with Gasteiger partial charge in [-0.2, -0.15) is 10.2 Å². The number of aryl methyl sites for hydroxylation is 1. The van der Waals surface area contributed by atoms with Crippen LogP contribution >= 0.6 is 0 Å².